The number of imidazole rings is 1. The minimum atomic E-state index is -0.139. The molecule has 168 valence electrons. The molecule has 3 fully saturated rings. The van der Waals surface area contributed by atoms with Gasteiger partial charge in [0.1, 0.15) is 0 Å². The lowest BCUT2D eigenvalue weighted by Crippen LogP contribution is -2.48. The van der Waals surface area contributed by atoms with Crippen LogP contribution >= 0.6 is 0 Å². The minimum absolute atomic E-state index is 0.139. The number of piperazine rings is 1. The van der Waals surface area contributed by atoms with E-state index in [2.05, 4.69) is 19.3 Å². The Balaban J connectivity index is 1.08. The summed E-state index contributed by atoms with van der Waals surface area (Å²) < 4.78 is 7.85. The van der Waals surface area contributed by atoms with E-state index < -0.39 is 0 Å². The van der Waals surface area contributed by atoms with E-state index in [0.29, 0.717) is 31.3 Å². The first-order chi connectivity index (χ1) is 15.7. The summed E-state index contributed by atoms with van der Waals surface area (Å²) >= 11 is 0. The van der Waals surface area contributed by atoms with Crippen LogP contribution in [0.25, 0.3) is 4.85 Å². The number of hydrogen-bond acceptors (Lipinski definition) is 4. The summed E-state index contributed by atoms with van der Waals surface area (Å²) in [6, 6.07) is 7.71. The van der Waals surface area contributed by atoms with Crippen LogP contribution in [0.4, 0.5) is 10.5 Å². The molecule has 2 heterocycles. The molecule has 2 aromatic rings. The van der Waals surface area contributed by atoms with Gasteiger partial charge in [-0.1, -0.05) is 30.7 Å². The molecule has 1 aromatic heterocycles. The van der Waals surface area contributed by atoms with Gasteiger partial charge in [-0.2, -0.15) is 0 Å². The second kappa shape index (κ2) is 9.33. The van der Waals surface area contributed by atoms with Gasteiger partial charge in [-0.25, -0.2) is 14.6 Å². The molecule has 1 saturated heterocycles. The highest BCUT2D eigenvalue weighted by Crippen LogP contribution is 2.48. The molecule has 32 heavy (non-hydrogen) atoms. The predicted octanol–water partition coefficient (Wildman–Crippen LogP) is 4.17. The molecule has 2 aliphatic carbocycles. The Morgan fingerprint density at radius 1 is 1.09 bits per heavy atom. The molecule has 0 radical (unpaired) electrons. The molecule has 3 unspecified atom stereocenters. The highest BCUT2D eigenvalue weighted by Gasteiger charge is 2.40. The Morgan fingerprint density at radius 2 is 1.91 bits per heavy atom. The van der Waals surface area contributed by atoms with Gasteiger partial charge in [-0.15, -0.1) is 0 Å². The summed E-state index contributed by atoms with van der Waals surface area (Å²) in [7, 11) is 0. The fraction of sp³-hybridized carbons (Fsp3) is 0.560. The van der Waals surface area contributed by atoms with Crippen LogP contribution in [-0.4, -0.2) is 58.2 Å². The summed E-state index contributed by atoms with van der Waals surface area (Å²) in [5.41, 5.74) is 2.97. The molecule has 1 aliphatic heterocycles. The van der Waals surface area contributed by atoms with E-state index >= 15 is 0 Å². The van der Waals surface area contributed by atoms with E-state index in [1.165, 1.54) is 25.7 Å². The number of benzene rings is 1. The van der Waals surface area contributed by atoms with E-state index in [1.807, 2.05) is 41.7 Å². The molecule has 2 bridgehead atoms. The summed E-state index contributed by atoms with van der Waals surface area (Å²) in [5.74, 6) is 2.27. The molecule has 5 rings (SSSR count). The van der Waals surface area contributed by atoms with Crippen molar-refractivity contribution in [1.82, 2.24) is 19.4 Å². The van der Waals surface area contributed by atoms with Gasteiger partial charge in [-0.3, -0.25) is 4.90 Å². The molecule has 0 N–H and O–H groups in total. The number of aromatic nitrogens is 2. The maximum atomic E-state index is 12.5. The van der Waals surface area contributed by atoms with Gasteiger partial charge in [0.25, 0.3) is 0 Å². The fourth-order valence-corrected chi connectivity index (χ4v) is 5.66. The monoisotopic (exact) mass is 433 g/mol. The van der Waals surface area contributed by atoms with Crippen molar-refractivity contribution >= 4 is 11.8 Å². The molecule has 3 aliphatic rings. The summed E-state index contributed by atoms with van der Waals surface area (Å²) in [4.78, 5) is 24.6. The Bertz CT molecular complexity index is 971. The summed E-state index contributed by atoms with van der Waals surface area (Å²) in [5, 5.41) is 0. The van der Waals surface area contributed by atoms with Crippen LogP contribution in [0.5, 0.6) is 0 Å². The molecule has 2 saturated carbocycles. The Kier molecular flexibility index (Phi) is 6.13. The van der Waals surface area contributed by atoms with Gasteiger partial charge in [0.05, 0.1) is 25.2 Å². The van der Waals surface area contributed by atoms with Crippen LogP contribution in [0.1, 0.15) is 36.9 Å². The zero-order valence-electron chi connectivity index (χ0n) is 18.5. The van der Waals surface area contributed by atoms with Gasteiger partial charge >= 0.3 is 6.09 Å². The third-order valence-electron chi connectivity index (χ3n) is 7.54. The summed E-state index contributed by atoms with van der Waals surface area (Å²) in [6.07, 6.45) is 8.96. The van der Waals surface area contributed by atoms with Crippen molar-refractivity contribution in [2.24, 2.45) is 17.8 Å². The number of amides is 1. The molecule has 7 heteroatoms. The molecule has 0 spiro atoms. The highest BCUT2D eigenvalue weighted by atomic mass is 16.6. The maximum Gasteiger partial charge on any atom is 0.409 e. The van der Waals surface area contributed by atoms with Gasteiger partial charge in [0.15, 0.2) is 5.69 Å². The number of nitrogens with zero attached hydrogens (tertiary/aromatic N) is 5. The fourth-order valence-electron chi connectivity index (χ4n) is 5.66. The molecule has 7 nitrogen and oxygen atoms in total. The van der Waals surface area contributed by atoms with Crippen LogP contribution in [-0.2, 0) is 17.8 Å². The second-order valence-electron chi connectivity index (χ2n) is 9.57. The smallest absolute Gasteiger partial charge is 0.409 e. The van der Waals surface area contributed by atoms with Crippen LogP contribution < -0.4 is 0 Å². The average Bonchev–Trinajstić information content (AvgIpc) is 3.57. The van der Waals surface area contributed by atoms with E-state index in [9.17, 15) is 4.79 Å². The molecular formula is C25H31N5O2. The normalized spacial score (nSPS) is 25.1. The number of carbonyl (C=O) groups is 1. The topological polar surface area (TPSA) is 55.0 Å². The average molecular weight is 434 g/mol. The quantitative estimate of drug-likeness (QED) is 0.642. The SMILES string of the molecule is [C-]#[N+]c1ccc(Cn2cncc2CN2CCN(C(=O)OCC3CC4CCC3C4)CC2)cc1. The molecule has 1 amide bonds. The van der Waals surface area contributed by atoms with Gasteiger partial charge < -0.3 is 14.2 Å². The number of fused-ring (bicyclic) bond motifs is 2. The van der Waals surface area contributed by atoms with Crippen molar-refractivity contribution in [3.8, 4) is 0 Å². The Morgan fingerprint density at radius 3 is 2.59 bits per heavy atom. The number of carbonyl (C=O) groups excluding carboxylic acids is 1. The highest BCUT2D eigenvalue weighted by molar-refractivity contribution is 5.67. The van der Waals surface area contributed by atoms with Crippen LogP contribution in [0.3, 0.4) is 0 Å². The number of rotatable bonds is 6. The van der Waals surface area contributed by atoms with Crippen molar-refractivity contribution < 1.29 is 9.53 Å². The first-order valence-electron chi connectivity index (χ1n) is 11.8. The van der Waals surface area contributed by atoms with Crippen molar-refractivity contribution in [1.29, 1.82) is 0 Å². The van der Waals surface area contributed by atoms with Crippen LogP contribution in [0.15, 0.2) is 36.8 Å². The maximum absolute atomic E-state index is 12.5. The third kappa shape index (κ3) is 4.66. The van der Waals surface area contributed by atoms with Crippen molar-refractivity contribution in [2.45, 2.75) is 38.8 Å². The standard InChI is InChI=1S/C25H31N5O2/c1-26-23-6-3-19(4-7-23)15-30-18-27-14-24(30)16-28-8-10-29(11-9-28)25(31)32-17-22-13-20-2-5-21(22)12-20/h3-4,6-7,14,18,20-22H,2,5,8-13,15-17H2. The lowest BCUT2D eigenvalue weighted by molar-refractivity contribution is 0.0568. The zero-order valence-corrected chi connectivity index (χ0v) is 18.5. The van der Waals surface area contributed by atoms with E-state index in [1.54, 1.807) is 0 Å². The number of ether oxygens (including phenoxy) is 1. The minimum Gasteiger partial charge on any atom is -0.449 e. The second-order valence-corrected chi connectivity index (χ2v) is 9.57. The third-order valence-corrected chi connectivity index (χ3v) is 7.54. The molecular weight excluding hydrogens is 402 g/mol. The van der Waals surface area contributed by atoms with E-state index in [0.717, 1.165) is 49.3 Å². The van der Waals surface area contributed by atoms with Crippen molar-refractivity contribution in [3.05, 3.63) is 59.5 Å². The largest absolute Gasteiger partial charge is 0.449 e. The summed E-state index contributed by atoms with van der Waals surface area (Å²) in [6.45, 7) is 12.3. The Hall–Kier alpha value is -2.85. The Labute approximate surface area is 189 Å². The van der Waals surface area contributed by atoms with Gasteiger partial charge in [0.2, 0.25) is 0 Å². The van der Waals surface area contributed by atoms with Crippen molar-refractivity contribution in [2.75, 3.05) is 32.8 Å². The first-order valence-corrected chi connectivity index (χ1v) is 11.8. The van der Waals surface area contributed by atoms with Gasteiger partial charge in [-0.05, 0) is 42.6 Å². The first kappa shape index (κ1) is 21.0. The predicted molar refractivity (Wildman–Crippen MR) is 121 cm³/mol. The van der Waals surface area contributed by atoms with Crippen molar-refractivity contribution in [3.63, 3.8) is 0 Å². The molecule has 3 atom stereocenters. The molecule has 1 aromatic carbocycles. The van der Waals surface area contributed by atoms with E-state index in [4.69, 9.17) is 11.3 Å². The van der Waals surface area contributed by atoms with Gasteiger partial charge in [0, 0.05) is 45.5 Å². The number of hydrogen-bond donors (Lipinski definition) is 0. The zero-order chi connectivity index (χ0) is 21.9. The van der Waals surface area contributed by atoms with E-state index in [-0.39, 0.29) is 6.09 Å². The van der Waals surface area contributed by atoms with Crippen LogP contribution in [0, 0.1) is 24.3 Å². The lowest BCUT2D eigenvalue weighted by Gasteiger charge is -2.34. The van der Waals surface area contributed by atoms with Crippen LogP contribution in [0.2, 0.25) is 0 Å². The lowest BCUT2D eigenvalue weighted by atomic mass is 9.90.